The summed E-state index contributed by atoms with van der Waals surface area (Å²) in [5.74, 6) is -0.000117. The molecule has 1 atom stereocenters. The van der Waals surface area contributed by atoms with Crippen molar-refractivity contribution in [3.05, 3.63) is 45.7 Å². The number of pyridine rings is 1. The van der Waals surface area contributed by atoms with Crippen molar-refractivity contribution in [2.75, 3.05) is 14.2 Å². The second-order valence-electron chi connectivity index (χ2n) is 6.98. The van der Waals surface area contributed by atoms with E-state index in [2.05, 4.69) is 13.8 Å². The molecule has 6 heteroatoms. The van der Waals surface area contributed by atoms with Gasteiger partial charge < -0.3 is 19.1 Å². The van der Waals surface area contributed by atoms with Gasteiger partial charge in [-0.15, -0.1) is 0 Å². The lowest BCUT2D eigenvalue weighted by Crippen LogP contribution is -2.28. The Balaban J connectivity index is 2.33. The van der Waals surface area contributed by atoms with E-state index in [0.29, 0.717) is 11.6 Å². The van der Waals surface area contributed by atoms with Gasteiger partial charge in [0, 0.05) is 17.8 Å². The molecule has 0 spiro atoms. The lowest BCUT2D eigenvalue weighted by atomic mass is 9.88. The van der Waals surface area contributed by atoms with E-state index >= 15 is 0 Å². The van der Waals surface area contributed by atoms with E-state index in [-0.39, 0.29) is 17.4 Å². The molecule has 1 unspecified atom stereocenters. The van der Waals surface area contributed by atoms with E-state index in [0.717, 1.165) is 29.7 Å². The third-order valence-electron chi connectivity index (χ3n) is 4.79. The minimum Gasteiger partial charge on any atom is -0.497 e. The van der Waals surface area contributed by atoms with Crippen molar-refractivity contribution in [3.8, 4) is 22.8 Å². The molecular weight excluding hydrogens is 334 g/mol. The minimum atomic E-state index is -1.24. The summed E-state index contributed by atoms with van der Waals surface area (Å²) in [6.45, 7) is 4.25. The number of rotatable bonds is 5. The Labute approximate surface area is 152 Å². The van der Waals surface area contributed by atoms with Gasteiger partial charge >= 0.3 is 5.97 Å². The molecule has 2 heterocycles. The average molecular weight is 357 g/mol. The van der Waals surface area contributed by atoms with E-state index < -0.39 is 11.4 Å². The highest BCUT2D eigenvalue weighted by Crippen LogP contribution is 2.42. The number of methoxy groups -OCH3 is 2. The molecule has 138 valence electrons. The Morgan fingerprint density at radius 2 is 2.04 bits per heavy atom. The quantitative estimate of drug-likeness (QED) is 0.888. The van der Waals surface area contributed by atoms with Crippen LogP contribution in [0.15, 0.2) is 29.2 Å². The van der Waals surface area contributed by atoms with Gasteiger partial charge in [0.05, 0.1) is 19.9 Å². The van der Waals surface area contributed by atoms with Crippen LogP contribution in [0.25, 0.3) is 11.3 Å². The molecule has 0 amide bonds. The largest absolute Gasteiger partial charge is 0.497 e. The van der Waals surface area contributed by atoms with Gasteiger partial charge in [-0.25, -0.2) is 4.79 Å². The molecule has 1 aliphatic rings. The first kappa shape index (κ1) is 18.0. The van der Waals surface area contributed by atoms with Gasteiger partial charge in [0.2, 0.25) is 5.43 Å². The third-order valence-corrected chi connectivity index (χ3v) is 4.79. The minimum absolute atomic E-state index is 0.0391. The Morgan fingerprint density at radius 1 is 1.31 bits per heavy atom. The van der Waals surface area contributed by atoms with Crippen molar-refractivity contribution in [1.82, 2.24) is 4.57 Å². The smallest absolute Gasteiger partial charge is 0.341 e. The number of carboxylic acids is 1. The molecule has 0 bridgehead atoms. The van der Waals surface area contributed by atoms with Crippen LogP contribution in [-0.4, -0.2) is 29.9 Å². The van der Waals surface area contributed by atoms with Crippen LogP contribution >= 0.6 is 0 Å². The third kappa shape index (κ3) is 2.96. The highest BCUT2D eigenvalue weighted by atomic mass is 16.5. The van der Waals surface area contributed by atoms with Gasteiger partial charge in [-0.1, -0.05) is 13.8 Å². The zero-order chi connectivity index (χ0) is 19.0. The van der Waals surface area contributed by atoms with Crippen molar-refractivity contribution in [2.24, 2.45) is 5.92 Å². The van der Waals surface area contributed by atoms with E-state index in [1.807, 2.05) is 22.8 Å². The van der Waals surface area contributed by atoms with E-state index in [9.17, 15) is 14.7 Å². The molecule has 3 rings (SSSR count). The fourth-order valence-corrected chi connectivity index (χ4v) is 3.69. The number of carbonyl (C=O) groups is 1. The first-order valence-corrected chi connectivity index (χ1v) is 8.61. The van der Waals surface area contributed by atoms with Crippen molar-refractivity contribution >= 4 is 5.97 Å². The molecule has 1 aromatic carbocycles. The maximum absolute atomic E-state index is 12.6. The highest BCUT2D eigenvalue weighted by Gasteiger charge is 2.31. The monoisotopic (exact) mass is 357 g/mol. The van der Waals surface area contributed by atoms with Gasteiger partial charge in [0.25, 0.3) is 0 Å². The predicted octanol–water partition coefficient (Wildman–Crippen LogP) is 3.37. The molecule has 0 fully saturated rings. The van der Waals surface area contributed by atoms with Gasteiger partial charge in [0.1, 0.15) is 11.3 Å². The van der Waals surface area contributed by atoms with Crippen LogP contribution in [0.4, 0.5) is 0 Å². The first-order chi connectivity index (χ1) is 12.4. The molecule has 0 saturated carbocycles. The molecule has 1 aliphatic heterocycles. The standard InChI is InChI=1S/C20H23NO5/c1-11(2)7-13-8-12-9-14(25-3)5-6-15(12)17-19(26-4)18(22)16(20(23)24)10-21(13)17/h5-6,9-11,13H,7-8H2,1-4H3,(H,23,24). The lowest BCUT2D eigenvalue weighted by Gasteiger charge is -2.33. The zero-order valence-electron chi connectivity index (χ0n) is 15.4. The predicted molar refractivity (Wildman–Crippen MR) is 98.4 cm³/mol. The number of benzene rings is 1. The van der Waals surface area contributed by atoms with Crippen LogP contribution < -0.4 is 14.9 Å². The van der Waals surface area contributed by atoms with Crippen molar-refractivity contribution in [1.29, 1.82) is 0 Å². The second kappa shape index (κ2) is 6.86. The van der Waals surface area contributed by atoms with Crippen molar-refractivity contribution in [3.63, 3.8) is 0 Å². The SMILES string of the molecule is COc1ccc2c(c1)CC(CC(C)C)n1cc(C(=O)O)c(=O)c(OC)c1-2. The lowest BCUT2D eigenvalue weighted by molar-refractivity contribution is 0.0693. The molecular formula is C20H23NO5. The Bertz CT molecular complexity index is 913. The number of ether oxygens (including phenoxy) is 2. The zero-order valence-corrected chi connectivity index (χ0v) is 15.4. The van der Waals surface area contributed by atoms with E-state index in [1.54, 1.807) is 7.11 Å². The molecule has 1 N–H and O–H groups in total. The fourth-order valence-electron chi connectivity index (χ4n) is 3.69. The van der Waals surface area contributed by atoms with Crippen LogP contribution in [0.1, 0.15) is 42.2 Å². The Hall–Kier alpha value is -2.76. The molecule has 0 aliphatic carbocycles. The first-order valence-electron chi connectivity index (χ1n) is 8.61. The number of hydrogen-bond donors (Lipinski definition) is 1. The van der Waals surface area contributed by atoms with Crippen molar-refractivity contribution in [2.45, 2.75) is 32.7 Å². The summed E-state index contributed by atoms with van der Waals surface area (Å²) in [4.78, 5) is 24.2. The summed E-state index contributed by atoms with van der Waals surface area (Å²) in [5, 5.41) is 9.43. The van der Waals surface area contributed by atoms with Crippen LogP contribution in [-0.2, 0) is 6.42 Å². The molecule has 0 radical (unpaired) electrons. The summed E-state index contributed by atoms with van der Waals surface area (Å²) >= 11 is 0. The van der Waals surface area contributed by atoms with Crippen LogP contribution in [0.2, 0.25) is 0 Å². The maximum Gasteiger partial charge on any atom is 0.341 e. The van der Waals surface area contributed by atoms with Crippen molar-refractivity contribution < 1.29 is 19.4 Å². The number of hydrogen-bond acceptors (Lipinski definition) is 4. The van der Waals surface area contributed by atoms with E-state index in [4.69, 9.17) is 9.47 Å². The van der Waals surface area contributed by atoms with E-state index in [1.165, 1.54) is 13.3 Å². The highest BCUT2D eigenvalue weighted by molar-refractivity contribution is 5.89. The molecule has 26 heavy (non-hydrogen) atoms. The van der Waals surface area contributed by atoms with Crippen LogP contribution in [0.3, 0.4) is 0 Å². The summed E-state index contributed by atoms with van der Waals surface area (Å²) in [5.41, 5.74) is 1.71. The maximum atomic E-state index is 12.6. The summed E-state index contributed by atoms with van der Waals surface area (Å²) in [7, 11) is 3.02. The summed E-state index contributed by atoms with van der Waals surface area (Å²) in [6.07, 6.45) is 3.06. The average Bonchev–Trinajstić information content (AvgIpc) is 2.60. The molecule has 2 aromatic rings. The summed E-state index contributed by atoms with van der Waals surface area (Å²) < 4.78 is 12.6. The Morgan fingerprint density at radius 3 is 2.62 bits per heavy atom. The fraction of sp³-hybridized carbons (Fsp3) is 0.400. The van der Waals surface area contributed by atoms with Gasteiger partial charge in [-0.2, -0.15) is 0 Å². The van der Waals surface area contributed by atoms with Gasteiger partial charge in [-0.3, -0.25) is 4.79 Å². The summed E-state index contributed by atoms with van der Waals surface area (Å²) in [6, 6.07) is 5.74. The second-order valence-corrected chi connectivity index (χ2v) is 6.98. The molecule has 1 aromatic heterocycles. The van der Waals surface area contributed by atoms with Crippen LogP contribution in [0, 0.1) is 5.92 Å². The van der Waals surface area contributed by atoms with Gasteiger partial charge in [0.15, 0.2) is 5.75 Å². The topological polar surface area (TPSA) is 77.8 Å². The Kier molecular flexibility index (Phi) is 4.76. The molecule has 6 nitrogen and oxygen atoms in total. The number of aromatic carboxylic acids is 1. The molecule has 0 saturated heterocycles. The number of nitrogens with zero attached hydrogens (tertiary/aromatic N) is 1. The number of aromatic nitrogens is 1. The number of carboxylic acid groups (broad SMARTS) is 1. The van der Waals surface area contributed by atoms with Gasteiger partial charge in [-0.05, 0) is 42.5 Å². The normalized spacial score (nSPS) is 15.3. The van der Waals surface area contributed by atoms with Crippen LogP contribution in [0.5, 0.6) is 11.5 Å². The number of fused-ring (bicyclic) bond motifs is 3.